The molecule has 0 saturated carbocycles. The van der Waals surface area contributed by atoms with E-state index in [1.807, 2.05) is 44.0 Å². The maximum absolute atomic E-state index is 12.1. The fraction of sp³-hybridized carbons (Fsp3) is 0.529. The first-order valence-corrected chi connectivity index (χ1v) is 8.00. The number of likely N-dealkylation sites (tertiary alicyclic amines) is 1. The Labute approximate surface area is 156 Å². The fourth-order valence-corrected chi connectivity index (χ4v) is 2.98. The molecule has 23 heavy (non-hydrogen) atoms. The largest absolute Gasteiger partial charge is 0.357 e. The van der Waals surface area contributed by atoms with E-state index >= 15 is 0 Å². The molecule has 1 heterocycles. The lowest BCUT2D eigenvalue weighted by Crippen LogP contribution is -2.37. The minimum Gasteiger partial charge on any atom is -0.357 e. The summed E-state index contributed by atoms with van der Waals surface area (Å²) in [5.41, 5.74) is 1.18. The van der Waals surface area contributed by atoms with Gasteiger partial charge in [-0.15, -0.1) is 24.0 Å². The first kappa shape index (κ1) is 19.7. The first-order chi connectivity index (χ1) is 10.7. The minimum atomic E-state index is 0. The number of halogens is 1. The molecule has 0 aliphatic carbocycles. The number of nitrogens with one attached hydrogen (secondary N) is 2. The zero-order valence-electron chi connectivity index (χ0n) is 14.1. The molecule has 0 radical (unpaired) electrons. The molecule has 6 heteroatoms. The van der Waals surface area contributed by atoms with Crippen LogP contribution in [-0.4, -0.2) is 43.4 Å². The topological polar surface area (TPSA) is 56.7 Å². The number of guanidine groups is 1. The predicted octanol–water partition coefficient (Wildman–Crippen LogP) is 2.40. The molecule has 128 valence electrons. The molecule has 2 N–H and O–H groups in total. The van der Waals surface area contributed by atoms with Crippen LogP contribution in [0.2, 0.25) is 0 Å². The number of aliphatic imine (C=N–C) groups is 1. The molecule has 1 amide bonds. The molecule has 2 unspecified atom stereocenters. The van der Waals surface area contributed by atoms with E-state index in [1.165, 1.54) is 5.56 Å². The number of hydrogen-bond donors (Lipinski definition) is 2. The van der Waals surface area contributed by atoms with Crippen molar-refractivity contribution in [3.05, 3.63) is 35.9 Å². The van der Waals surface area contributed by atoms with Crippen molar-refractivity contribution in [2.24, 2.45) is 10.9 Å². The second kappa shape index (κ2) is 9.75. The van der Waals surface area contributed by atoms with E-state index in [1.54, 1.807) is 0 Å². The molecule has 1 aliphatic heterocycles. The van der Waals surface area contributed by atoms with Crippen molar-refractivity contribution in [2.45, 2.75) is 26.3 Å². The van der Waals surface area contributed by atoms with Gasteiger partial charge in [-0.1, -0.05) is 30.3 Å². The van der Waals surface area contributed by atoms with Crippen LogP contribution < -0.4 is 10.6 Å². The van der Waals surface area contributed by atoms with Gasteiger partial charge in [-0.25, -0.2) is 0 Å². The van der Waals surface area contributed by atoms with Gasteiger partial charge in [-0.3, -0.25) is 9.79 Å². The molecule has 5 nitrogen and oxygen atoms in total. The van der Waals surface area contributed by atoms with Crippen LogP contribution in [0, 0.1) is 5.92 Å². The highest BCUT2D eigenvalue weighted by Gasteiger charge is 2.38. The summed E-state index contributed by atoms with van der Waals surface area (Å²) in [7, 11) is 1.89. The van der Waals surface area contributed by atoms with Crippen molar-refractivity contribution >= 4 is 35.8 Å². The monoisotopic (exact) mass is 430 g/mol. The predicted molar refractivity (Wildman–Crippen MR) is 105 cm³/mol. The molecule has 2 atom stereocenters. The second-order valence-electron chi connectivity index (χ2n) is 5.57. The number of hydrogen-bond acceptors (Lipinski definition) is 2. The number of carbonyl (C=O) groups excluding carboxylic acids is 1. The average molecular weight is 430 g/mol. The first-order valence-electron chi connectivity index (χ1n) is 8.00. The molecule has 0 aromatic heterocycles. The van der Waals surface area contributed by atoms with E-state index in [0.29, 0.717) is 13.0 Å². The van der Waals surface area contributed by atoms with Crippen LogP contribution in [0.5, 0.6) is 0 Å². The maximum Gasteiger partial charge on any atom is 0.223 e. The van der Waals surface area contributed by atoms with Crippen molar-refractivity contribution in [2.75, 3.05) is 26.7 Å². The molecule has 2 rings (SSSR count). The molecular weight excluding hydrogens is 403 g/mol. The van der Waals surface area contributed by atoms with E-state index in [2.05, 4.69) is 27.8 Å². The third-order valence-corrected chi connectivity index (χ3v) is 4.01. The number of carbonyl (C=O) groups is 1. The van der Waals surface area contributed by atoms with Crippen LogP contribution in [0.15, 0.2) is 35.3 Å². The van der Waals surface area contributed by atoms with Gasteiger partial charge >= 0.3 is 0 Å². The van der Waals surface area contributed by atoms with Crippen molar-refractivity contribution in [3.63, 3.8) is 0 Å². The molecule has 1 aromatic carbocycles. The van der Waals surface area contributed by atoms with Crippen LogP contribution in [0.25, 0.3) is 0 Å². The number of benzene rings is 1. The Balaban J connectivity index is 0.00000264. The smallest absolute Gasteiger partial charge is 0.223 e. The summed E-state index contributed by atoms with van der Waals surface area (Å²) in [4.78, 5) is 18.6. The fourth-order valence-electron chi connectivity index (χ4n) is 2.98. The van der Waals surface area contributed by atoms with E-state index in [-0.39, 0.29) is 41.8 Å². The molecular formula is C17H27IN4O. The van der Waals surface area contributed by atoms with Crippen molar-refractivity contribution in [1.82, 2.24) is 15.5 Å². The zero-order chi connectivity index (χ0) is 15.9. The highest BCUT2D eigenvalue weighted by molar-refractivity contribution is 14.0. The Bertz CT molecular complexity index is 513. The molecule has 1 fully saturated rings. The van der Waals surface area contributed by atoms with Crippen LogP contribution >= 0.6 is 24.0 Å². The van der Waals surface area contributed by atoms with Gasteiger partial charge in [0.25, 0.3) is 0 Å². The van der Waals surface area contributed by atoms with Gasteiger partial charge in [0.1, 0.15) is 0 Å². The van der Waals surface area contributed by atoms with Gasteiger partial charge < -0.3 is 15.5 Å². The van der Waals surface area contributed by atoms with Crippen LogP contribution in [0.1, 0.15) is 31.9 Å². The summed E-state index contributed by atoms with van der Waals surface area (Å²) in [6.07, 6.45) is 0.561. The van der Waals surface area contributed by atoms with Gasteiger partial charge in [-0.2, -0.15) is 0 Å². The maximum atomic E-state index is 12.1. The van der Waals surface area contributed by atoms with E-state index in [4.69, 9.17) is 0 Å². The SMILES string of the molecule is CCNC(=NCC1CC(=O)N(C)C1c1ccccc1)NCC.I. The van der Waals surface area contributed by atoms with Crippen molar-refractivity contribution in [1.29, 1.82) is 0 Å². The van der Waals surface area contributed by atoms with Gasteiger partial charge in [0, 0.05) is 39.0 Å². The Morgan fingerprint density at radius 3 is 2.39 bits per heavy atom. The molecule has 1 aromatic rings. The Kier molecular flexibility index (Phi) is 8.36. The number of nitrogens with zero attached hydrogens (tertiary/aromatic N) is 2. The number of amides is 1. The van der Waals surface area contributed by atoms with Crippen molar-refractivity contribution in [3.8, 4) is 0 Å². The molecule has 0 bridgehead atoms. The normalized spacial score (nSPS) is 20.0. The summed E-state index contributed by atoms with van der Waals surface area (Å²) >= 11 is 0. The third-order valence-electron chi connectivity index (χ3n) is 4.01. The summed E-state index contributed by atoms with van der Waals surface area (Å²) in [6.45, 7) is 6.40. The van der Waals surface area contributed by atoms with E-state index in [0.717, 1.165) is 19.0 Å². The lowest BCUT2D eigenvalue weighted by atomic mass is 9.94. The average Bonchev–Trinajstić information content (AvgIpc) is 2.81. The van der Waals surface area contributed by atoms with Crippen LogP contribution in [0.3, 0.4) is 0 Å². The standard InChI is InChI=1S/C17H26N4O.HI/c1-4-18-17(19-5-2)20-12-14-11-15(22)21(3)16(14)13-9-7-6-8-10-13;/h6-10,14,16H,4-5,11-12H2,1-3H3,(H2,18,19,20);1H. The molecule has 1 saturated heterocycles. The van der Waals surface area contributed by atoms with E-state index in [9.17, 15) is 4.79 Å². The second-order valence-corrected chi connectivity index (χ2v) is 5.57. The summed E-state index contributed by atoms with van der Waals surface area (Å²) in [6, 6.07) is 10.3. The lowest BCUT2D eigenvalue weighted by Gasteiger charge is -2.24. The summed E-state index contributed by atoms with van der Waals surface area (Å²) < 4.78 is 0. The zero-order valence-corrected chi connectivity index (χ0v) is 16.4. The highest BCUT2D eigenvalue weighted by Crippen LogP contribution is 2.36. The Morgan fingerprint density at radius 1 is 1.22 bits per heavy atom. The van der Waals surface area contributed by atoms with Gasteiger partial charge in [0.05, 0.1) is 6.04 Å². The molecule has 0 spiro atoms. The van der Waals surface area contributed by atoms with Gasteiger partial charge in [0.15, 0.2) is 5.96 Å². The third kappa shape index (κ3) is 5.09. The van der Waals surface area contributed by atoms with Crippen molar-refractivity contribution < 1.29 is 4.79 Å². The Hall–Kier alpha value is -1.31. The lowest BCUT2D eigenvalue weighted by molar-refractivity contribution is -0.127. The van der Waals surface area contributed by atoms with Crippen LogP contribution in [0.4, 0.5) is 0 Å². The minimum absolute atomic E-state index is 0. The Morgan fingerprint density at radius 2 is 1.83 bits per heavy atom. The number of rotatable bonds is 5. The van der Waals surface area contributed by atoms with Gasteiger partial charge in [0.2, 0.25) is 5.91 Å². The van der Waals surface area contributed by atoms with E-state index < -0.39 is 0 Å². The molecule has 1 aliphatic rings. The van der Waals surface area contributed by atoms with Gasteiger partial charge in [-0.05, 0) is 19.4 Å². The highest BCUT2D eigenvalue weighted by atomic mass is 127. The quantitative estimate of drug-likeness (QED) is 0.429. The summed E-state index contributed by atoms with van der Waals surface area (Å²) in [5.74, 6) is 1.23. The summed E-state index contributed by atoms with van der Waals surface area (Å²) in [5, 5.41) is 6.45. The van der Waals surface area contributed by atoms with Crippen LogP contribution in [-0.2, 0) is 4.79 Å².